The Kier molecular flexibility index (Phi) is 10.0. The highest BCUT2D eigenvalue weighted by molar-refractivity contribution is 14.0. The average Bonchev–Trinajstić information content (AvgIpc) is 3.22. The van der Waals surface area contributed by atoms with E-state index in [9.17, 15) is 4.79 Å². The molecule has 1 aromatic carbocycles. The highest BCUT2D eigenvalue weighted by Gasteiger charge is 2.27. The van der Waals surface area contributed by atoms with Crippen LogP contribution in [0.25, 0.3) is 0 Å². The van der Waals surface area contributed by atoms with Crippen molar-refractivity contribution >= 4 is 35.8 Å². The van der Waals surface area contributed by atoms with Gasteiger partial charge in [0, 0.05) is 25.7 Å². The van der Waals surface area contributed by atoms with Crippen molar-refractivity contribution in [3.05, 3.63) is 35.9 Å². The smallest absolute Gasteiger partial charge is 0.232 e. The SMILES string of the molecule is CCNC(=NCC(C(=O)N1CCOCC1)c1ccccc1)NC1CCCC1.I. The van der Waals surface area contributed by atoms with Gasteiger partial charge in [-0.2, -0.15) is 0 Å². The van der Waals surface area contributed by atoms with E-state index in [-0.39, 0.29) is 35.8 Å². The van der Waals surface area contributed by atoms with Gasteiger partial charge in [0.05, 0.1) is 25.7 Å². The third-order valence-electron chi connectivity index (χ3n) is 5.30. The lowest BCUT2D eigenvalue weighted by Crippen LogP contribution is -2.45. The Bertz CT molecular complexity index is 614. The van der Waals surface area contributed by atoms with Gasteiger partial charge in [0.1, 0.15) is 0 Å². The molecule has 28 heavy (non-hydrogen) atoms. The second-order valence-corrected chi connectivity index (χ2v) is 7.25. The van der Waals surface area contributed by atoms with Gasteiger partial charge in [-0.3, -0.25) is 9.79 Å². The van der Waals surface area contributed by atoms with Crippen LogP contribution in [-0.2, 0) is 9.53 Å². The van der Waals surface area contributed by atoms with Crippen molar-refractivity contribution in [2.45, 2.75) is 44.6 Å². The number of halogens is 1. The van der Waals surface area contributed by atoms with Gasteiger partial charge in [-0.1, -0.05) is 43.2 Å². The summed E-state index contributed by atoms with van der Waals surface area (Å²) in [4.78, 5) is 19.9. The fraction of sp³-hybridized carbons (Fsp3) is 0.619. The van der Waals surface area contributed by atoms with E-state index in [2.05, 4.69) is 17.6 Å². The third kappa shape index (κ3) is 6.62. The number of rotatable bonds is 6. The van der Waals surface area contributed by atoms with Crippen molar-refractivity contribution in [2.75, 3.05) is 39.4 Å². The lowest BCUT2D eigenvalue weighted by Gasteiger charge is -2.30. The molecule has 1 heterocycles. The van der Waals surface area contributed by atoms with E-state index < -0.39 is 0 Å². The Balaban J connectivity index is 0.00000280. The summed E-state index contributed by atoms with van der Waals surface area (Å²) in [5, 5.41) is 6.86. The van der Waals surface area contributed by atoms with Crippen molar-refractivity contribution in [3.63, 3.8) is 0 Å². The first-order chi connectivity index (χ1) is 13.3. The Hall–Kier alpha value is -1.35. The topological polar surface area (TPSA) is 66.0 Å². The molecule has 1 unspecified atom stereocenters. The molecule has 6 nitrogen and oxygen atoms in total. The zero-order valence-electron chi connectivity index (χ0n) is 16.7. The summed E-state index contributed by atoms with van der Waals surface area (Å²) < 4.78 is 5.40. The minimum absolute atomic E-state index is 0. The zero-order valence-corrected chi connectivity index (χ0v) is 19.1. The van der Waals surface area contributed by atoms with Crippen LogP contribution in [-0.4, -0.2) is 62.2 Å². The molecule has 1 atom stereocenters. The monoisotopic (exact) mass is 500 g/mol. The predicted octanol–water partition coefficient (Wildman–Crippen LogP) is 2.74. The molecule has 1 aromatic rings. The molecule has 1 saturated heterocycles. The lowest BCUT2D eigenvalue weighted by molar-refractivity contribution is -0.136. The first-order valence-corrected chi connectivity index (χ1v) is 10.2. The molecule has 2 aliphatic rings. The van der Waals surface area contributed by atoms with E-state index in [4.69, 9.17) is 9.73 Å². The number of hydrogen-bond donors (Lipinski definition) is 2. The fourth-order valence-electron chi connectivity index (χ4n) is 3.78. The molecule has 2 N–H and O–H groups in total. The largest absolute Gasteiger partial charge is 0.378 e. The van der Waals surface area contributed by atoms with Crippen molar-refractivity contribution < 1.29 is 9.53 Å². The molecule has 2 fully saturated rings. The summed E-state index contributed by atoms with van der Waals surface area (Å²) in [6.45, 7) is 5.87. The predicted molar refractivity (Wildman–Crippen MR) is 123 cm³/mol. The van der Waals surface area contributed by atoms with Gasteiger partial charge in [0.2, 0.25) is 5.91 Å². The van der Waals surface area contributed by atoms with Gasteiger partial charge in [-0.05, 0) is 25.3 Å². The molecule has 1 amide bonds. The van der Waals surface area contributed by atoms with Crippen molar-refractivity contribution in [2.24, 2.45) is 4.99 Å². The van der Waals surface area contributed by atoms with E-state index in [1.54, 1.807) is 0 Å². The summed E-state index contributed by atoms with van der Waals surface area (Å²) in [7, 11) is 0. The Morgan fingerprint density at radius 2 is 1.89 bits per heavy atom. The number of hydrogen-bond acceptors (Lipinski definition) is 3. The van der Waals surface area contributed by atoms with Crippen LogP contribution in [0.5, 0.6) is 0 Å². The number of ether oxygens (including phenoxy) is 1. The summed E-state index contributed by atoms with van der Waals surface area (Å²) in [5.74, 6) is 0.702. The van der Waals surface area contributed by atoms with E-state index in [0.29, 0.717) is 38.9 Å². The van der Waals surface area contributed by atoms with Gasteiger partial charge in [-0.25, -0.2) is 0 Å². The molecule has 1 aliphatic carbocycles. The number of guanidine groups is 1. The number of benzene rings is 1. The second-order valence-electron chi connectivity index (χ2n) is 7.25. The van der Waals surface area contributed by atoms with Crippen molar-refractivity contribution in [1.29, 1.82) is 0 Å². The van der Waals surface area contributed by atoms with Gasteiger partial charge in [0.15, 0.2) is 5.96 Å². The molecule has 3 rings (SSSR count). The molecular weight excluding hydrogens is 467 g/mol. The molecule has 0 radical (unpaired) electrons. The van der Waals surface area contributed by atoms with Crippen LogP contribution in [0, 0.1) is 0 Å². The summed E-state index contributed by atoms with van der Waals surface area (Å²) in [6, 6.07) is 10.5. The maximum Gasteiger partial charge on any atom is 0.232 e. The Labute approximate surface area is 185 Å². The molecule has 156 valence electrons. The Morgan fingerprint density at radius 3 is 2.54 bits per heavy atom. The number of aliphatic imine (C=N–C) groups is 1. The van der Waals surface area contributed by atoms with Gasteiger partial charge in [-0.15, -0.1) is 24.0 Å². The van der Waals surface area contributed by atoms with Crippen LogP contribution in [0.1, 0.15) is 44.1 Å². The molecule has 0 aromatic heterocycles. The Morgan fingerprint density at radius 1 is 1.21 bits per heavy atom. The number of carbonyl (C=O) groups is 1. The highest BCUT2D eigenvalue weighted by Crippen LogP contribution is 2.21. The fourth-order valence-corrected chi connectivity index (χ4v) is 3.78. The molecule has 1 aliphatic heterocycles. The normalized spacial score (nSPS) is 19.0. The maximum atomic E-state index is 13.2. The molecule has 0 spiro atoms. The first-order valence-electron chi connectivity index (χ1n) is 10.2. The summed E-state index contributed by atoms with van der Waals surface area (Å²) in [5.41, 5.74) is 1.02. The highest BCUT2D eigenvalue weighted by atomic mass is 127. The summed E-state index contributed by atoms with van der Waals surface area (Å²) >= 11 is 0. The van der Waals surface area contributed by atoms with E-state index in [1.165, 1.54) is 25.7 Å². The lowest BCUT2D eigenvalue weighted by atomic mass is 9.97. The van der Waals surface area contributed by atoms with Crippen LogP contribution in [0.3, 0.4) is 0 Å². The number of nitrogens with one attached hydrogen (secondary N) is 2. The number of nitrogens with zero attached hydrogens (tertiary/aromatic N) is 2. The van der Waals surface area contributed by atoms with Crippen molar-refractivity contribution in [3.8, 4) is 0 Å². The molecule has 1 saturated carbocycles. The van der Waals surface area contributed by atoms with E-state index >= 15 is 0 Å². The summed E-state index contributed by atoms with van der Waals surface area (Å²) in [6.07, 6.45) is 4.94. The van der Waals surface area contributed by atoms with Crippen LogP contribution >= 0.6 is 24.0 Å². The van der Waals surface area contributed by atoms with Crippen molar-refractivity contribution in [1.82, 2.24) is 15.5 Å². The first kappa shape index (κ1) is 22.9. The number of carbonyl (C=O) groups excluding carboxylic acids is 1. The maximum absolute atomic E-state index is 13.2. The van der Waals surface area contributed by atoms with Gasteiger partial charge >= 0.3 is 0 Å². The second kappa shape index (κ2) is 12.3. The third-order valence-corrected chi connectivity index (χ3v) is 5.30. The molecule has 7 heteroatoms. The number of morpholine rings is 1. The van der Waals surface area contributed by atoms with Crippen LogP contribution in [0.2, 0.25) is 0 Å². The minimum atomic E-state index is -0.261. The van der Waals surface area contributed by atoms with Gasteiger partial charge in [0.25, 0.3) is 0 Å². The van der Waals surface area contributed by atoms with Crippen LogP contribution < -0.4 is 10.6 Å². The van der Waals surface area contributed by atoms with E-state index in [0.717, 1.165) is 18.1 Å². The zero-order chi connectivity index (χ0) is 18.9. The minimum Gasteiger partial charge on any atom is -0.378 e. The number of amides is 1. The quantitative estimate of drug-likeness (QED) is 0.358. The van der Waals surface area contributed by atoms with Gasteiger partial charge < -0.3 is 20.3 Å². The standard InChI is InChI=1S/C21H32N4O2.HI/c1-2-22-21(24-18-10-6-7-11-18)23-16-19(17-8-4-3-5-9-17)20(26)25-12-14-27-15-13-25;/h3-5,8-9,18-19H,2,6-7,10-16H2,1H3,(H2,22,23,24);1H. The van der Waals surface area contributed by atoms with E-state index in [1.807, 2.05) is 35.2 Å². The van der Waals surface area contributed by atoms with Crippen LogP contribution in [0.15, 0.2) is 35.3 Å². The average molecular weight is 500 g/mol. The molecular formula is C21H33IN4O2. The van der Waals surface area contributed by atoms with Crippen LogP contribution in [0.4, 0.5) is 0 Å². The molecule has 0 bridgehead atoms.